The van der Waals surface area contributed by atoms with E-state index >= 15 is 0 Å². The third kappa shape index (κ3) is 3.53. The van der Waals surface area contributed by atoms with Crippen molar-refractivity contribution in [3.63, 3.8) is 0 Å². The molecule has 0 unspecified atom stereocenters. The lowest BCUT2D eigenvalue weighted by molar-refractivity contribution is -0.122. The molecule has 0 heterocycles. The van der Waals surface area contributed by atoms with Crippen molar-refractivity contribution in [1.82, 2.24) is 5.32 Å². The number of nitrogens with two attached hydrogens (primary N) is 1. The molecule has 2 atom stereocenters. The van der Waals surface area contributed by atoms with Gasteiger partial charge in [-0.2, -0.15) is 0 Å². The van der Waals surface area contributed by atoms with Crippen molar-refractivity contribution in [3.8, 4) is 0 Å². The van der Waals surface area contributed by atoms with Crippen molar-refractivity contribution < 1.29 is 4.79 Å². The van der Waals surface area contributed by atoms with Crippen LogP contribution >= 0.6 is 11.6 Å². The smallest absolute Gasteiger partial charge is 0.237 e. The van der Waals surface area contributed by atoms with Gasteiger partial charge in [-0.3, -0.25) is 4.79 Å². The Hall–Kier alpha value is -1.06. The molecule has 15 heavy (non-hydrogen) atoms. The van der Waals surface area contributed by atoms with Crippen molar-refractivity contribution in [1.29, 1.82) is 0 Å². The molecular weight excluding hydrogens is 212 g/mol. The largest absolute Gasteiger partial charge is 0.348 e. The van der Waals surface area contributed by atoms with Gasteiger partial charge in [0.2, 0.25) is 5.91 Å². The number of benzene rings is 1. The summed E-state index contributed by atoms with van der Waals surface area (Å²) in [6.45, 7) is 3.55. The molecule has 0 bridgehead atoms. The van der Waals surface area contributed by atoms with Crippen LogP contribution in [0.25, 0.3) is 0 Å². The van der Waals surface area contributed by atoms with Gasteiger partial charge in [-0.05, 0) is 31.5 Å². The van der Waals surface area contributed by atoms with Gasteiger partial charge in [0.1, 0.15) is 0 Å². The summed E-state index contributed by atoms with van der Waals surface area (Å²) < 4.78 is 0. The third-order valence-electron chi connectivity index (χ3n) is 2.12. The van der Waals surface area contributed by atoms with E-state index in [0.717, 1.165) is 5.56 Å². The minimum Gasteiger partial charge on any atom is -0.348 e. The highest BCUT2D eigenvalue weighted by molar-refractivity contribution is 6.30. The van der Waals surface area contributed by atoms with Gasteiger partial charge in [0, 0.05) is 5.02 Å². The lowest BCUT2D eigenvalue weighted by atomic mass is 10.1. The maximum Gasteiger partial charge on any atom is 0.237 e. The fraction of sp³-hybridized carbons (Fsp3) is 0.364. The van der Waals surface area contributed by atoms with Gasteiger partial charge >= 0.3 is 0 Å². The number of hydrogen-bond donors (Lipinski definition) is 2. The van der Waals surface area contributed by atoms with Crippen LogP contribution in [0.4, 0.5) is 0 Å². The molecule has 1 rings (SSSR count). The molecule has 3 nitrogen and oxygen atoms in total. The molecule has 0 aliphatic rings. The van der Waals surface area contributed by atoms with Crippen LogP contribution < -0.4 is 11.1 Å². The average molecular weight is 227 g/mol. The van der Waals surface area contributed by atoms with Crippen LogP contribution in [0.1, 0.15) is 25.5 Å². The Bertz CT molecular complexity index is 352. The molecular formula is C11H15ClN2O. The van der Waals surface area contributed by atoms with Crippen LogP contribution in [0.3, 0.4) is 0 Å². The lowest BCUT2D eigenvalue weighted by Gasteiger charge is -2.16. The predicted octanol–water partition coefficient (Wildman–Crippen LogP) is 1.86. The van der Waals surface area contributed by atoms with Crippen LogP contribution in [-0.2, 0) is 4.79 Å². The molecule has 0 aliphatic heterocycles. The van der Waals surface area contributed by atoms with Crippen LogP contribution in [0.2, 0.25) is 5.02 Å². The fourth-order valence-electron chi connectivity index (χ4n) is 1.20. The van der Waals surface area contributed by atoms with E-state index in [4.69, 9.17) is 17.3 Å². The summed E-state index contributed by atoms with van der Waals surface area (Å²) in [4.78, 5) is 11.3. The quantitative estimate of drug-likeness (QED) is 0.827. The highest BCUT2D eigenvalue weighted by Gasteiger charge is 2.12. The predicted molar refractivity (Wildman–Crippen MR) is 61.7 cm³/mol. The molecule has 0 saturated carbocycles. The Kier molecular flexibility index (Phi) is 4.12. The normalized spacial score (nSPS) is 14.4. The topological polar surface area (TPSA) is 55.1 Å². The van der Waals surface area contributed by atoms with Gasteiger partial charge < -0.3 is 11.1 Å². The second-order valence-corrected chi connectivity index (χ2v) is 4.01. The Morgan fingerprint density at radius 1 is 1.47 bits per heavy atom. The number of hydrogen-bond acceptors (Lipinski definition) is 2. The molecule has 0 fully saturated rings. The average Bonchev–Trinajstić information content (AvgIpc) is 2.17. The minimum atomic E-state index is -0.494. The first-order valence-corrected chi connectivity index (χ1v) is 5.20. The zero-order chi connectivity index (χ0) is 11.4. The van der Waals surface area contributed by atoms with Crippen LogP contribution in [0.5, 0.6) is 0 Å². The van der Waals surface area contributed by atoms with Gasteiger partial charge in [0.25, 0.3) is 0 Å². The van der Waals surface area contributed by atoms with Crippen LogP contribution in [0.15, 0.2) is 24.3 Å². The van der Waals surface area contributed by atoms with Crippen molar-refractivity contribution in [2.75, 3.05) is 0 Å². The Morgan fingerprint density at radius 3 is 2.67 bits per heavy atom. The summed E-state index contributed by atoms with van der Waals surface area (Å²) in [5, 5.41) is 3.46. The first kappa shape index (κ1) is 12.0. The molecule has 1 aromatic rings. The summed E-state index contributed by atoms with van der Waals surface area (Å²) in [6.07, 6.45) is 0. The standard InChI is InChI=1S/C11H15ClN2O/c1-7(13)11(15)14-8(2)9-4-3-5-10(12)6-9/h3-8H,13H2,1-2H3,(H,14,15)/t7-,8-/m0/s1. The number of halogens is 1. The van der Waals surface area contributed by atoms with E-state index < -0.39 is 6.04 Å². The summed E-state index contributed by atoms with van der Waals surface area (Å²) in [7, 11) is 0. The zero-order valence-electron chi connectivity index (χ0n) is 8.83. The lowest BCUT2D eigenvalue weighted by Crippen LogP contribution is -2.39. The molecule has 0 aliphatic carbocycles. The van der Waals surface area contributed by atoms with E-state index in [2.05, 4.69) is 5.32 Å². The van der Waals surface area contributed by atoms with Crippen molar-refractivity contribution in [3.05, 3.63) is 34.9 Å². The number of carbonyl (C=O) groups excluding carboxylic acids is 1. The fourth-order valence-corrected chi connectivity index (χ4v) is 1.40. The Labute approximate surface area is 94.6 Å². The van der Waals surface area contributed by atoms with E-state index in [1.54, 1.807) is 13.0 Å². The Balaban J connectivity index is 2.69. The van der Waals surface area contributed by atoms with Gasteiger partial charge in [0.05, 0.1) is 12.1 Å². The molecule has 3 N–H and O–H groups in total. The first-order chi connectivity index (χ1) is 7.00. The SMILES string of the molecule is C[C@H](N)C(=O)N[C@@H](C)c1cccc(Cl)c1. The number of nitrogens with one attached hydrogen (secondary N) is 1. The molecule has 0 aromatic heterocycles. The number of amides is 1. The second kappa shape index (κ2) is 5.14. The van der Waals surface area contributed by atoms with E-state index in [-0.39, 0.29) is 11.9 Å². The van der Waals surface area contributed by atoms with E-state index in [1.165, 1.54) is 0 Å². The van der Waals surface area contributed by atoms with Gasteiger partial charge in [0.15, 0.2) is 0 Å². The summed E-state index contributed by atoms with van der Waals surface area (Å²) in [6, 6.07) is 6.82. The molecule has 0 saturated heterocycles. The second-order valence-electron chi connectivity index (χ2n) is 3.57. The molecule has 0 spiro atoms. The molecule has 4 heteroatoms. The van der Waals surface area contributed by atoms with E-state index in [9.17, 15) is 4.79 Å². The van der Waals surface area contributed by atoms with Gasteiger partial charge in [-0.15, -0.1) is 0 Å². The molecule has 1 amide bonds. The van der Waals surface area contributed by atoms with Gasteiger partial charge in [-0.1, -0.05) is 23.7 Å². The van der Waals surface area contributed by atoms with E-state index in [1.807, 2.05) is 25.1 Å². The number of carbonyl (C=O) groups is 1. The Morgan fingerprint density at radius 2 is 2.13 bits per heavy atom. The molecule has 82 valence electrons. The summed E-state index contributed by atoms with van der Waals surface area (Å²) in [5.41, 5.74) is 6.42. The molecule has 0 radical (unpaired) electrons. The van der Waals surface area contributed by atoms with Crippen molar-refractivity contribution in [2.45, 2.75) is 25.9 Å². The zero-order valence-corrected chi connectivity index (χ0v) is 9.58. The monoisotopic (exact) mass is 226 g/mol. The van der Waals surface area contributed by atoms with Crippen molar-refractivity contribution >= 4 is 17.5 Å². The maximum absolute atomic E-state index is 11.3. The van der Waals surface area contributed by atoms with Crippen LogP contribution in [-0.4, -0.2) is 11.9 Å². The third-order valence-corrected chi connectivity index (χ3v) is 2.36. The highest BCUT2D eigenvalue weighted by atomic mass is 35.5. The minimum absolute atomic E-state index is 0.0813. The van der Waals surface area contributed by atoms with Gasteiger partial charge in [-0.25, -0.2) is 0 Å². The maximum atomic E-state index is 11.3. The number of rotatable bonds is 3. The van der Waals surface area contributed by atoms with E-state index in [0.29, 0.717) is 5.02 Å². The van der Waals surface area contributed by atoms with Crippen molar-refractivity contribution in [2.24, 2.45) is 5.73 Å². The van der Waals surface area contributed by atoms with Crippen LogP contribution in [0, 0.1) is 0 Å². The summed E-state index contributed by atoms with van der Waals surface area (Å²) >= 11 is 5.85. The summed E-state index contributed by atoms with van der Waals surface area (Å²) in [5.74, 6) is -0.164. The highest BCUT2D eigenvalue weighted by Crippen LogP contribution is 2.17. The molecule has 1 aromatic carbocycles. The first-order valence-electron chi connectivity index (χ1n) is 4.82.